The van der Waals surface area contributed by atoms with Gasteiger partial charge in [-0.15, -0.1) is 0 Å². The van der Waals surface area contributed by atoms with Gasteiger partial charge in [-0.1, -0.05) is 45.9 Å². The fourth-order valence-electron chi connectivity index (χ4n) is 2.42. The van der Waals surface area contributed by atoms with E-state index in [1.807, 2.05) is 39.8 Å². The van der Waals surface area contributed by atoms with Gasteiger partial charge in [0.2, 0.25) is 0 Å². The van der Waals surface area contributed by atoms with Gasteiger partial charge >= 0.3 is 5.97 Å². The van der Waals surface area contributed by atoms with Crippen LogP contribution in [0.25, 0.3) is 0 Å². The maximum atomic E-state index is 12.3. The van der Waals surface area contributed by atoms with Crippen molar-refractivity contribution in [1.29, 1.82) is 0 Å². The Morgan fingerprint density at radius 3 is 2.09 bits per heavy atom. The van der Waals surface area contributed by atoms with Crippen LogP contribution in [0.15, 0.2) is 42.5 Å². The molecule has 0 aliphatic carbocycles. The maximum absolute atomic E-state index is 12.3. The van der Waals surface area contributed by atoms with E-state index in [-0.39, 0.29) is 11.8 Å². The van der Waals surface area contributed by atoms with Crippen molar-refractivity contribution >= 4 is 5.97 Å². The summed E-state index contributed by atoms with van der Waals surface area (Å²) in [4.78, 5) is 16.9. The van der Waals surface area contributed by atoms with E-state index in [0.717, 1.165) is 5.56 Å². The van der Waals surface area contributed by atoms with E-state index in [0.29, 0.717) is 22.6 Å². The molecular formula is C19H22O4. The minimum absolute atomic E-state index is 0.0249. The third kappa shape index (κ3) is 3.90. The lowest BCUT2D eigenvalue weighted by Gasteiger charge is -2.18. The summed E-state index contributed by atoms with van der Waals surface area (Å²) in [5, 5.41) is 9.21. The second-order valence-corrected chi connectivity index (χ2v) is 6.09. The highest BCUT2D eigenvalue weighted by Crippen LogP contribution is 2.38. The Kier molecular flexibility index (Phi) is 5.40. The molecule has 0 amide bonds. The molecule has 4 heteroatoms. The van der Waals surface area contributed by atoms with E-state index in [1.165, 1.54) is 0 Å². The molecule has 122 valence electrons. The Labute approximate surface area is 136 Å². The Morgan fingerprint density at radius 2 is 1.57 bits per heavy atom. The molecule has 0 aliphatic heterocycles. The fraction of sp³-hybridized carbons (Fsp3) is 0.316. The van der Waals surface area contributed by atoms with Crippen LogP contribution >= 0.6 is 0 Å². The van der Waals surface area contributed by atoms with Crippen molar-refractivity contribution in [2.45, 2.75) is 39.5 Å². The molecule has 2 aromatic carbocycles. The zero-order valence-electron chi connectivity index (χ0n) is 13.9. The predicted octanol–water partition coefficient (Wildman–Crippen LogP) is 5.00. The molecule has 4 nitrogen and oxygen atoms in total. The van der Waals surface area contributed by atoms with Crippen molar-refractivity contribution in [2.75, 3.05) is 0 Å². The van der Waals surface area contributed by atoms with Crippen molar-refractivity contribution in [2.24, 2.45) is 0 Å². The van der Waals surface area contributed by atoms with Crippen LogP contribution in [0, 0.1) is 0 Å². The Morgan fingerprint density at radius 1 is 0.957 bits per heavy atom. The number of hydrogen-bond acceptors (Lipinski definition) is 4. The van der Waals surface area contributed by atoms with Crippen LogP contribution in [0.2, 0.25) is 0 Å². The number of ether oxygens (including phenoxy) is 1. The van der Waals surface area contributed by atoms with E-state index in [1.54, 1.807) is 30.3 Å². The Hall–Kier alpha value is -2.33. The second kappa shape index (κ2) is 7.29. The molecule has 2 aromatic rings. The van der Waals surface area contributed by atoms with E-state index in [4.69, 9.17) is 4.74 Å². The summed E-state index contributed by atoms with van der Waals surface area (Å²) in [5.41, 5.74) is 2.07. The third-order valence-corrected chi connectivity index (χ3v) is 3.68. The highest BCUT2D eigenvalue weighted by atomic mass is 17.1. The summed E-state index contributed by atoms with van der Waals surface area (Å²) in [5.74, 6) is 0.541. The first kappa shape index (κ1) is 17.0. The quantitative estimate of drug-likeness (QED) is 0.365. The van der Waals surface area contributed by atoms with Crippen molar-refractivity contribution in [3.8, 4) is 11.5 Å². The van der Waals surface area contributed by atoms with Crippen LogP contribution in [0.5, 0.6) is 11.5 Å². The number of carbonyl (C=O) groups is 1. The molecular weight excluding hydrogens is 292 g/mol. The molecule has 23 heavy (non-hydrogen) atoms. The summed E-state index contributed by atoms with van der Waals surface area (Å²) in [7, 11) is 0. The molecule has 0 radical (unpaired) electrons. The van der Waals surface area contributed by atoms with Gasteiger partial charge < -0.3 is 9.62 Å². The van der Waals surface area contributed by atoms with Gasteiger partial charge in [0.15, 0.2) is 5.75 Å². The highest BCUT2D eigenvalue weighted by Gasteiger charge is 2.21. The largest absolute Gasteiger partial charge is 0.422 e. The second-order valence-electron chi connectivity index (χ2n) is 6.09. The van der Waals surface area contributed by atoms with Gasteiger partial charge in [0.1, 0.15) is 5.75 Å². The smallest absolute Gasteiger partial charge is 0.343 e. The van der Waals surface area contributed by atoms with Crippen LogP contribution in [0.3, 0.4) is 0 Å². The molecule has 0 aromatic heterocycles. The number of hydrogen-bond donors (Lipinski definition) is 1. The zero-order valence-corrected chi connectivity index (χ0v) is 13.9. The van der Waals surface area contributed by atoms with Gasteiger partial charge in [-0.05, 0) is 41.7 Å². The predicted molar refractivity (Wildman–Crippen MR) is 89.3 cm³/mol. The standard InChI is InChI=1S/C19H22O4/c1-12(2)15-10-16(18(13(3)4)17(11-15)23-21)22-19(20)14-8-6-5-7-9-14/h5-13,21H,1-4H3. The van der Waals surface area contributed by atoms with Gasteiger partial charge in [-0.2, -0.15) is 0 Å². The maximum Gasteiger partial charge on any atom is 0.343 e. The number of carbonyl (C=O) groups excluding carboxylic acids is 1. The molecule has 0 unspecified atom stereocenters. The summed E-state index contributed by atoms with van der Waals surface area (Å²) < 4.78 is 5.60. The van der Waals surface area contributed by atoms with Crippen molar-refractivity contribution < 1.29 is 19.7 Å². The minimum atomic E-state index is -0.433. The molecule has 0 saturated carbocycles. The van der Waals surface area contributed by atoms with Crippen molar-refractivity contribution in [3.05, 3.63) is 59.2 Å². The normalized spacial score (nSPS) is 10.9. The monoisotopic (exact) mass is 314 g/mol. The van der Waals surface area contributed by atoms with Crippen LogP contribution in [0.1, 0.15) is 61.0 Å². The average Bonchev–Trinajstić information content (AvgIpc) is 2.54. The molecule has 1 N–H and O–H groups in total. The first-order chi connectivity index (χ1) is 10.9. The van der Waals surface area contributed by atoms with Crippen LogP contribution < -0.4 is 9.62 Å². The summed E-state index contributed by atoms with van der Waals surface area (Å²) in [6, 6.07) is 12.4. The highest BCUT2D eigenvalue weighted by molar-refractivity contribution is 5.91. The fourth-order valence-corrected chi connectivity index (χ4v) is 2.42. The first-order valence-electron chi connectivity index (χ1n) is 7.70. The van der Waals surface area contributed by atoms with Crippen molar-refractivity contribution in [3.63, 3.8) is 0 Å². The summed E-state index contributed by atoms with van der Waals surface area (Å²) in [6.07, 6.45) is 0. The molecule has 0 bridgehead atoms. The number of rotatable bonds is 5. The number of esters is 1. The molecule has 2 rings (SSSR count). The molecule has 0 saturated heterocycles. The molecule has 0 spiro atoms. The first-order valence-corrected chi connectivity index (χ1v) is 7.70. The van der Waals surface area contributed by atoms with Crippen molar-refractivity contribution in [1.82, 2.24) is 0 Å². The number of benzene rings is 2. The van der Waals surface area contributed by atoms with Gasteiger partial charge in [-0.25, -0.2) is 10.1 Å². The molecule has 0 fully saturated rings. The topological polar surface area (TPSA) is 55.8 Å². The SMILES string of the molecule is CC(C)c1cc(OO)c(C(C)C)c(OC(=O)c2ccccc2)c1. The van der Waals surface area contributed by atoms with E-state index >= 15 is 0 Å². The lowest BCUT2D eigenvalue weighted by Crippen LogP contribution is -2.11. The zero-order chi connectivity index (χ0) is 17.0. The molecule has 0 aliphatic rings. The summed E-state index contributed by atoms with van der Waals surface area (Å²) >= 11 is 0. The van der Waals surface area contributed by atoms with Gasteiger partial charge in [0.25, 0.3) is 0 Å². The molecule has 0 atom stereocenters. The van der Waals surface area contributed by atoms with E-state index in [2.05, 4.69) is 4.89 Å². The van der Waals surface area contributed by atoms with Crippen LogP contribution in [0.4, 0.5) is 0 Å². The Balaban J connectivity index is 2.46. The van der Waals surface area contributed by atoms with E-state index < -0.39 is 5.97 Å². The van der Waals surface area contributed by atoms with Crippen LogP contribution in [-0.2, 0) is 0 Å². The minimum Gasteiger partial charge on any atom is -0.422 e. The average molecular weight is 314 g/mol. The van der Waals surface area contributed by atoms with Gasteiger partial charge in [0.05, 0.1) is 5.56 Å². The Bertz CT molecular complexity index is 675. The van der Waals surface area contributed by atoms with Crippen LogP contribution in [-0.4, -0.2) is 11.2 Å². The molecule has 0 heterocycles. The van der Waals surface area contributed by atoms with Gasteiger partial charge in [0, 0.05) is 5.56 Å². The third-order valence-electron chi connectivity index (χ3n) is 3.68. The lowest BCUT2D eigenvalue weighted by molar-refractivity contribution is -0.138. The van der Waals surface area contributed by atoms with Gasteiger partial charge in [-0.3, -0.25) is 0 Å². The summed E-state index contributed by atoms with van der Waals surface area (Å²) in [6.45, 7) is 7.95. The lowest BCUT2D eigenvalue weighted by atomic mass is 9.95. The van der Waals surface area contributed by atoms with E-state index in [9.17, 15) is 10.1 Å².